The normalized spacial score (nSPS) is 28.6. The summed E-state index contributed by atoms with van der Waals surface area (Å²) in [5.41, 5.74) is -0.815. The smallest absolute Gasteiger partial charge is 0.416 e. The van der Waals surface area contributed by atoms with Crippen LogP contribution in [0.4, 0.5) is 13.2 Å². The van der Waals surface area contributed by atoms with Crippen molar-refractivity contribution in [3.63, 3.8) is 0 Å². The molecule has 1 saturated heterocycles. The maximum atomic E-state index is 12.8. The van der Waals surface area contributed by atoms with E-state index in [9.17, 15) is 23.1 Å². The van der Waals surface area contributed by atoms with Gasteiger partial charge >= 0.3 is 12.1 Å². The lowest BCUT2D eigenvalue weighted by Crippen LogP contribution is -2.21. The molecule has 0 spiro atoms. The lowest BCUT2D eigenvalue weighted by molar-refractivity contribution is -0.142. The van der Waals surface area contributed by atoms with Gasteiger partial charge in [-0.15, -0.1) is 8.15 Å². The van der Waals surface area contributed by atoms with Crippen LogP contribution in [0, 0.1) is 11.8 Å². The lowest BCUT2D eigenvalue weighted by atomic mass is 9.91. The molecule has 1 N–H and O–H groups in total. The molecule has 2 fully saturated rings. The Morgan fingerprint density at radius 3 is 2.93 bits per heavy atom. The molecule has 156 valence electrons. The van der Waals surface area contributed by atoms with E-state index in [0.717, 1.165) is 12.1 Å². The van der Waals surface area contributed by atoms with Gasteiger partial charge in [-0.2, -0.15) is 13.2 Å². The van der Waals surface area contributed by atoms with Crippen LogP contribution >= 0.6 is 16.6 Å². The Kier molecular flexibility index (Phi) is 7.61. The van der Waals surface area contributed by atoms with E-state index in [1.54, 1.807) is 6.08 Å². The van der Waals surface area contributed by atoms with E-state index in [4.69, 9.17) is 21.6 Å². The molecule has 7 atom stereocenters. The van der Waals surface area contributed by atoms with Crippen LogP contribution in [0.2, 0.25) is 0 Å². The van der Waals surface area contributed by atoms with Crippen molar-refractivity contribution < 1.29 is 37.1 Å². The molecule has 0 aromatic heterocycles. The number of benzene rings is 1. The van der Waals surface area contributed by atoms with Crippen LogP contribution in [-0.2, 0) is 20.2 Å². The van der Waals surface area contributed by atoms with Crippen molar-refractivity contribution in [2.75, 3.05) is 6.61 Å². The molecule has 5 nitrogen and oxygen atoms in total. The van der Waals surface area contributed by atoms with E-state index < -0.39 is 17.8 Å². The molecule has 29 heavy (non-hydrogen) atoms. The molecule has 3 rings (SSSR count). The van der Waals surface area contributed by atoms with Gasteiger partial charge in [0, 0.05) is 26.8 Å². The Morgan fingerprint density at radius 1 is 1.41 bits per heavy atom. The molecule has 2 unspecified atom stereocenters. The fraction of sp³-hybridized carbons (Fsp3) is 0.500. The summed E-state index contributed by atoms with van der Waals surface area (Å²) >= 11 is 0. The third-order valence-electron chi connectivity index (χ3n) is 4.96. The first-order valence-corrected chi connectivity index (χ1v) is 12.0. The van der Waals surface area contributed by atoms with Crippen LogP contribution in [-0.4, -0.2) is 43.6 Å². The molecule has 2 aliphatic rings. The molecular weight excluding hydrogens is 426 g/mol. The number of ether oxygens (including phenoxy) is 2. The minimum Gasteiger partial charge on any atom is -0.491 e. The summed E-state index contributed by atoms with van der Waals surface area (Å²) in [6.07, 6.45) is -1.66. The Balaban J connectivity index is 1.58. The maximum absolute atomic E-state index is 12.8. The zero-order valence-corrected chi connectivity index (χ0v) is 17.3. The summed E-state index contributed by atoms with van der Waals surface area (Å²) in [5.74, 6) is -0.354. The van der Waals surface area contributed by atoms with E-state index in [2.05, 4.69) is 0 Å². The second-order valence-corrected chi connectivity index (χ2v) is 9.11. The van der Waals surface area contributed by atoms with Crippen LogP contribution < -0.4 is 4.74 Å². The number of rotatable bonds is 8. The van der Waals surface area contributed by atoms with E-state index in [1.807, 2.05) is 0 Å². The van der Waals surface area contributed by atoms with Crippen LogP contribution in [0.3, 0.4) is 0 Å². The van der Waals surface area contributed by atoms with Crippen LogP contribution in [0.1, 0.15) is 18.4 Å². The van der Waals surface area contributed by atoms with Gasteiger partial charge in [0.05, 0.1) is 18.1 Å². The minimum absolute atomic E-state index is 0.0220. The molecule has 1 aliphatic carbocycles. The number of hydrogen-bond acceptors (Lipinski definition) is 5. The first-order chi connectivity index (χ1) is 13.8. The standard InChI is InChI=1S/C18H20BF3O5P2/c19-28-29-27-16-8-15-14(7-17(24)26-15)13(16)5-4-11(23)9-25-12-3-1-2-10(6-12)18(20,21)22/h1-6,11,13-16,23,28-29H,7-9H2/b5-4+/t11-,13-,14-,15+,16-/m1/s1. The first-order valence-electron chi connectivity index (χ1n) is 9.00. The Labute approximate surface area is 171 Å². The van der Waals surface area contributed by atoms with Gasteiger partial charge in [-0.25, -0.2) is 0 Å². The molecule has 1 heterocycles. The number of carbonyl (C=O) groups excluding carboxylic acids is 1. The van der Waals surface area contributed by atoms with Crippen LogP contribution in [0.15, 0.2) is 36.4 Å². The summed E-state index contributed by atoms with van der Waals surface area (Å²) in [7, 11) is 5.86. The highest BCUT2D eigenvalue weighted by atomic mass is 32.0. The predicted octanol–water partition coefficient (Wildman–Crippen LogP) is 3.61. The molecule has 0 bridgehead atoms. The number of hydrogen-bond donors (Lipinski definition) is 1. The topological polar surface area (TPSA) is 65.0 Å². The Morgan fingerprint density at radius 2 is 2.21 bits per heavy atom. The van der Waals surface area contributed by atoms with Gasteiger partial charge in [-0.3, -0.25) is 4.79 Å². The number of carbonyl (C=O) groups is 1. The highest BCUT2D eigenvalue weighted by Gasteiger charge is 2.49. The van der Waals surface area contributed by atoms with Crippen molar-refractivity contribution in [3.05, 3.63) is 42.0 Å². The number of fused-ring (bicyclic) bond motifs is 1. The predicted molar refractivity (Wildman–Crippen MR) is 105 cm³/mol. The molecule has 1 aliphatic heterocycles. The number of aliphatic hydroxyl groups excluding tert-OH is 1. The van der Waals surface area contributed by atoms with Crippen LogP contribution in [0.5, 0.6) is 5.75 Å². The van der Waals surface area contributed by atoms with Crippen molar-refractivity contribution in [1.29, 1.82) is 0 Å². The highest BCUT2D eigenvalue weighted by Crippen LogP contribution is 2.47. The Hall–Kier alpha value is -1.14. The fourth-order valence-electron chi connectivity index (χ4n) is 3.66. The third kappa shape index (κ3) is 5.94. The van der Waals surface area contributed by atoms with E-state index in [-0.39, 0.29) is 59.0 Å². The average Bonchev–Trinajstić information content (AvgIpc) is 3.18. The molecule has 1 aromatic rings. The Bertz CT molecular complexity index is 748. The molecule has 0 amide bonds. The molecular formula is C18H20BF3O5P2. The highest BCUT2D eigenvalue weighted by molar-refractivity contribution is 8.21. The van der Waals surface area contributed by atoms with Crippen molar-refractivity contribution in [2.45, 2.75) is 37.3 Å². The minimum atomic E-state index is -4.46. The zero-order chi connectivity index (χ0) is 21.0. The quantitative estimate of drug-likeness (QED) is 0.286. The van der Waals surface area contributed by atoms with E-state index in [1.165, 1.54) is 18.2 Å². The molecule has 1 saturated carbocycles. The number of esters is 1. The van der Waals surface area contributed by atoms with Crippen LogP contribution in [0.25, 0.3) is 0 Å². The second kappa shape index (κ2) is 9.78. The van der Waals surface area contributed by atoms with Gasteiger partial charge in [0.15, 0.2) is 0 Å². The molecule has 2 radical (unpaired) electrons. The van der Waals surface area contributed by atoms with Gasteiger partial charge in [-0.05, 0) is 18.2 Å². The van der Waals surface area contributed by atoms with Crippen molar-refractivity contribution in [2.24, 2.45) is 11.8 Å². The summed E-state index contributed by atoms with van der Waals surface area (Å²) < 4.78 is 54.7. The van der Waals surface area contributed by atoms with Gasteiger partial charge < -0.3 is 19.1 Å². The van der Waals surface area contributed by atoms with Gasteiger partial charge in [0.25, 0.3) is 0 Å². The zero-order valence-electron chi connectivity index (χ0n) is 15.3. The largest absolute Gasteiger partial charge is 0.491 e. The van der Waals surface area contributed by atoms with Gasteiger partial charge in [0.2, 0.25) is 0 Å². The summed E-state index contributed by atoms with van der Waals surface area (Å²) in [6, 6.07) is 4.48. The van der Waals surface area contributed by atoms with Gasteiger partial charge in [0.1, 0.15) is 32.1 Å². The summed E-state index contributed by atoms with van der Waals surface area (Å²) in [5, 5.41) is 10.2. The molecule has 11 heteroatoms. The first kappa shape index (κ1) is 22.5. The average molecular weight is 446 g/mol. The SMILES string of the molecule is [B]PPO[C@@H]1C[C@@H]2OC(=O)C[C@@H]2[C@H]1/C=C/[C@@H](O)COc1cccc(C(F)(F)F)c1. The van der Waals surface area contributed by atoms with E-state index in [0.29, 0.717) is 12.8 Å². The lowest BCUT2D eigenvalue weighted by Gasteiger charge is -2.20. The number of alkyl halides is 3. The summed E-state index contributed by atoms with van der Waals surface area (Å²) in [6.45, 7) is -0.203. The second-order valence-electron chi connectivity index (χ2n) is 6.90. The fourth-order valence-corrected chi connectivity index (χ4v) is 4.79. The maximum Gasteiger partial charge on any atom is 0.416 e. The molecule has 1 aromatic carbocycles. The van der Waals surface area contributed by atoms with Gasteiger partial charge in [-0.1, -0.05) is 18.2 Å². The number of aliphatic hydroxyl groups is 1. The van der Waals surface area contributed by atoms with E-state index >= 15 is 0 Å². The van der Waals surface area contributed by atoms with Crippen molar-refractivity contribution >= 4 is 30.2 Å². The third-order valence-corrected chi connectivity index (χ3v) is 6.20. The number of halogens is 3. The monoisotopic (exact) mass is 446 g/mol. The van der Waals surface area contributed by atoms with Crippen molar-refractivity contribution in [3.8, 4) is 5.75 Å². The summed E-state index contributed by atoms with van der Waals surface area (Å²) in [4.78, 5) is 11.6. The van der Waals surface area contributed by atoms with Crippen molar-refractivity contribution in [1.82, 2.24) is 0 Å².